The Hall–Kier alpha value is -2.29. The first-order chi connectivity index (χ1) is 9.15. The fourth-order valence-electron chi connectivity index (χ4n) is 1.84. The molecule has 98 valence electrons. The molecule has 0 aliphatic carbocycles. The summed E-state index contributed by atoms with van der Waals surface area (Å²) in [6, 6.07) is 15.7. The third kappa shape index (κ3) is 3.85. The Kier molecular flexibility index (Phi) is 4.18. The summed E-state index contributed by atoms with van der Waals surface area (Å²) in [5.41, 5.74) is 4.05. The molecule has 0 aliphatic heterocycles. The van der Waals surface area contributed by atoms with E-state index in [2.05, 4.69) is 10.6 Å². The zero-order valence-corrected chi connectivity index (χ0v) is 11.2. The van der Waals surface area contributed by atoms with Crippen LogP contribution < -0.4 is 10.6 Å². The quantitative estimate of drug-likeness (QED) is 0.878. The van der Waals surface area contributed by atoms with Crippen molar-refractivity contribution in [2.75, 3.05) is 17.2 Å². The first kappa shape index (κ1) is 13.1. The van der Waals surface area contributed by atoms with Crippen molar-refractivity contribution >= 4 is 17.3 Å². The minimum Gasteiger partial charge on any atom is -0.376 e. The second kappa shape index (κ2) is 6.05. The molecule has 3 heteroatoms. The van der Waals surface area contributed by atoms with Gasteiger partial charge in [0.05, 0.1) is 6.54 Å². The Morgan fingerprint density at radius 3 is 2.58 bits per heavy atom. The Morgan fingerprint density at radius 1 is 1.05 bits per heavy atom. The number of anilines is 2. The van der Waals surface area contributed by atoms with E-state index in [-0.39, 0.29) is 12.5 Å². The van der Waals surface area contributed by atoms with Crippen LogP contribution in [0.25, 0.3) is 0 Å². The second-order valence-electron chi connectivity index (χ2n) is 4.59. The maximum atomic E-state index is 11.8. The van der Waals surface area contributed by atoms with Gasteiger partial charge in [-0.3, -0.25) is 4.79 Å². The number of aryl methyl sites for hydroxylation is 2. The molecule has 0 atom stereocenters. The zero-order valence-electron chi connectivity index (χ0n) is 11.2. The molecule has 2 rings (SSSR count). The molecule has 0 saturated heterocycles. The van der Waals surface area contributed by atoms with Crippen molar-refractivity contribution in [2.45, 2.75) is 13.8 Å². The number of para-hydroxylation sites is 1. The molecule has 2 N–H and O–H groups in total. The lowest BCUT2D eigenvalue weighted by atomic mass is 10.2. The molecular weight excluding hydrogens is 236 g/mol. The third-order valence-electron chi connectivity index (χ3n) is 2.89. The van der Waals surface area contributed by atoms with Gasteiger partial charge in [0.2, 0.25) is 5.91 Å². The molecule has 2 aromatic carbocycles. The van der Waals surface area contributed by atoms with Crippen molar-refractivity contribution < 1.29 is 4.79 Å². The Balaban J connectivity index is 1.90. The predicted octanol–water partition coefficient (Wildman–Crippen LogP) is 3.35. The van der Waals surface area contributed by atoms with Crippen LogP contribution in [0.15, 0.2) is 48.5 Å². The minimum atomic E-state index is -0.0455. The highest BCUT2D eigenvalue weighted by molar-refractivity contribution is 5.94. The summed E-state index contributed by atoms with van der Waals surface area (Å²) >= 11 is 0. The van der Waals surface area contributed by atoms with Gasteiger partial charge >= 0.3 is 0 Å². The zero-order chi connectivity index (χ0) is 13.7. The number of rotatable bonds is 4. The average Bonchev–Trinajstić information content (AvgIpc) is 2.39. The van der Waals surface area contributed by atoms with Crippen molar-refractivity contribution in [1.29, 1.82) is 0 Å². The topological polar surface area (TPSA) is 41.1 Å². The second-order valence-corrected chi connectivity index (χ2v) is 4.59. The molecule has 0 aromatic heterocycles. The highest BCUT2D eigenvalue weighted by Crippen LogP contribution is 2.13. The molecule has 0 aliphatic rings. The summed E-state index contributed by atoms with van der Waals surface area (Å²) in [5.74, 6) is -0.0455. The number of hydrogen-bond acceptors (Lipinski definition) is 2. The lowest BCUT2D eigenvalue weighted by Gasteiger charge is -2.10. The molecule has 2 aromatic rings. The molecular formula is C16H18N2O. The van der Waals surface area contributed by atoms with E-state index in [1.54, 1.807) is 0 Å². The number of nitrogens with one attached hydrogen (secondary N) is 2. The number of carbonyl (C=O) groups excluding carboxylic acids is 1. The van der Waals surface area contributed by atoms with Gasteiger partial charge in [0.25, 0.3) is 0 Å². The van der Waals surface area contributed by atoms with Crippen molar-refractivity contribution in [3.63, 3.8) is 0 Å². The largest absolute Gasteiger partial charge is 0.376 e. The van der Waals surface area contributed by atoms with E-state index in [1.165, 1.54) is 5.56 Å². The standard InChI is InChI=1S/C16H18N2O/c1-12-6-5-8-14(10-12)17-11-16(19)18-15-9-4-3-7-13(15)2/h3-10,17H,11H2,1-2H3,(H,18,19). The molecule has 1 amide bonds. The maximum absolute atomic E-state index is 11.8. The average molecular weight is 254 g/mol. The lowest BCUT2D eigenvalue weighted by molar-refractivity contribution is -0.114. The van der Waals surface area contributed by atoms with Crippen molar-refractivity contribution in [1.82, 2.24) is 0 Å². The molecule has 0 spiro atoms. The maximum Gasteiger partial charge on any atom is 0.243 e. The summed E-state index contributed by atoms with van der Waals surface area (Å²) in [5, 5.41) is 6.01. The smallest absolute Gasteiger partial charge is 0.243 e. The molecule has 0 saturated carbocycles. The van der Waals surface area contributed by atoms with Crippen LogP contribution in [0.3, 0.4) is 0 Å². The van der Waals surface area contributed by atoms with Crippen LogP contribution in [-0.2, 0) is 4.79 Å². The summed E-state index contributed by atoms with van der Waals surface area (Å²) in [6.45, 7) is 4.26. The van der Waals surface area contributed by atoms with Crippen LogP contribution in [0.1, 0.15) is 11.1 Å². The van der Waals surface area contributed by atoms with Gasteiger partial charge in [-0.2, -0.15) is 0 Å². The van der Waals surface area contributed by atoms with Gasteiger partial charge in [-0.25, -0.2) is 0 Å². The number of benzene rings is 2. The van der Waals surface area contributed by atoms with E-state index in [4.69, 9.17) is 0 Å². The Bertz CT molecular complexity index is 578. The monoisotopic (exact) mass is 254 g/mol. The summed E-state index contributed by atoms with van der Waals surface area (Å²) in [6.07, 6.45) is 0. The highest BCUT2D eigenvalue weighted by Gasteiger charge is 2.03. The van der Waals surface area contributed by atoms with Crippen LogP contribution in [0, 0.1) is 13.8 Å². The molecule has 0 bridgehead atoms. The van der Waals surface area contributed by atoms with E-state index in [0.717, 1.165) is 16.9 Å². The Labute approximate surface area is 113 Å². The van der Waals surface area contributed by atoms with Crippen LogP contribution in [0.2, 0.25) is 0 Å². The van der Waals surface area contributed by atoms with Gasteiger partial charge in [-0.05, 0) is 43.2 Å². The van der Waals surface area contributed by atoms with Crippen LogP contribution in [-0.4, -0.2) is 12.5 Å². The molecule has 19 heavy (non-hydrogen) atoms. The molecule has 3 nitrogen and oxygen atoms in total. The fraction of sp³-hybridized carbons (Fsp3) is 0.188. The van der Waals surface area contributed by atoms with Crippen LogP contribution in [0.4, 0.5) is 11.4 Å². The van der Waals surface area contributed by atoms with Crippen molar-refractivity contribution in [2.24, 2.45) is 0 Å². The number of amides is 1. The predicted molar refractivity (Wildman–Crippen MR) is 79.5 cm³/mol. The lowest BCUT2D eigenvalue weighted by Crippen LogP contribution is -2.22. The number of hydrogen-bond donors (Lipinski definition) is 2. The van der Waals surface area contributed by atoms with Crippen LogP contribution in [0.5, 0.6) is 0 Å². The van der Waals surface area contributed by atoms with Crippen molar-refractivity contribution in [3.8, 4) is 0 Å². The third-order valence-corrected chi connectivity index (χ3v) is 2.89. The van der Waals surface area contributed by atoms with Gasteiger partial charge in [-0.1, -0.05) is 30.3 Å². The van der Waals surface area contributed by atoms with E-state index in [0.29, 0.717) is 0 Å². The molecule has 0 fully saturated rings. The fourth-order valence-corrected chi connectivity index (χ4v) is 1.84. The van der Waals surface area contributed by atoms with Crippen LogP contribution >= 0.6 is 0 Å². The van der Waals surface area contributed by atoms with Gasteiger partial charge in [0.1, 0.15) is 0 Å². The summed E-state index contributed by atoms with van der Waals surface area (Å²) < 4.78 is 0. The van der Waals surface area contributed by atoms with Gasteiger partial charge in [-0.15, -0.1) is 0 Å². The van der Waals surface area contributed by atoms with E-state index in [1.807, 2.05) is 62.4 Å². The normalized spacial score (nSPS) is 10.0. The first-order valence-corrected chi connectivity index (χ1v) is 6.31. The van der Waals surface area contributed by atoms with E-state index >= 15 is 0 Å². The van der Waals surface area contributed by atoms with Crippen molar-refractivity contribution in [3.05, 3.63) is 59.7 Å². The first-order valence-electron chi connectivity index (χ1n) is 6.31. The van der Waals surface area contributed by atoms with E-state index < -0.39 is 0 Å². The number of carbonyl (C=O) groups is 1. The molecule has 0 radical (unpaired) electrons. The SMILES string of the molecule is Cc1cccc(NCC(=O)Nc2ccccc2C)c1. The summed E-state index contributed by atoms with van der Waals surface area (Å²) in [7, 11) is 0. The minimum absolute atomic E-state index is 0.0455. The highest BCUT2D eigenvalue weighted by atomic mass is 16.1. The van der Waals surface area contributed by atoms with E-state index in [9.17, 15) is 4.79 Å². The van der Waals surface area contributed by atoms with Gasteiger partial charge in [0, 0.05) is 11.4 Å². The van der Waals surface area contributed by atoms with Gasteiger partial charge in [0.15, 0.2) is 0 Å². The molecule has 0 heterocycles. The van der Waals surface area contributed by atoms with Gasteiger partial charge < -0.3 is 10.6 Å². The Morgan fingerprint density at radius 2 is 1.84 bits per heavy atom. The summed E-state index contributed by atoms with van der Waals surface area (Å²) in [4.78, 5) is 11.8. The molecule has 0 unspecified atom stereocenters.